The summed E-state index contributed by atoms with van der Waals surface area (Å²) in [4.78, 5) is 0. The summed E-state index contributed by atoms with van der Waals surface area (Å²) in [5, 5.41) is 23.7. The van der Waals surface area contributed by atoms with E-state index in [0.29, 0.717) is 11.1 Å². The van der Waals surface area contributed by atoms with Crippen molar-refractivity contribution < 1.29 is 8.83 Å². The van der Waals surface area contributed by atoms with Crippen LogP contribution in [0.15, 0.2) is 130 Å². The Labute approximate surface area is 240 Å². The van der Waals surface area contributed by atoms with Crippen molar-refractivity contribution in [3.63, 3.8) is 0 Å². The number of fused-ring (bicyclic) bond motifs is 6. The summed E-state index contributed by atoms with van der Waals surface area (Å²) in [5.74, 6) is 0. The number of nitrogens with zero attached hydrogens (tertiary/aromatic N) is 2. The van der Waals surface area contributed by atoms with Gasteiger partial charge in [-0.2, -0.15) is 10.5 Å². The topological polar surface area (TPSA) is 73.9 Å². The predicted molar refractivity (Wildman–Crippen MR) is 167 cm³/mol. The molecule has 2 aromatic heterocycles. The molecule has 0 radical (unpaired) electrons. The largest absolute Gasteiger partial charge is 0.456 e. The lowest BCUT2D eigenvalue weighted by Crippen LogP contribution is -1.90. The molecule has 0 atom stereocenters. The lowest BCUT2D eigenvalue weighted by atomic mass is 9.89. The van der Waals surface area contributed by atoms with Crippen LogP contribution in [0, 0.1) is 22.7 Å². The fourth-order valence-electron chi connectivity index (χ4n) is 6.08. The fraction of sp³-hybridized carbons (Fsp3) is 0. The van der Waals surface area contributed by atoms with Crippen molar-refractivity contribution in [2.45, 2.75) is 0 Å². The molecule has 0 N–H and O–H groups in total. The van der Waals surface area contributed by atoms with E-state index >= 15 is 0 Å². The van der Waals surface area contributed by atoms with E-state index in [1.807, 2.05) is 66.7 Å². The van der Waals surface area contributed by atoms with Gasteiger partial charge in [0.2, 0.25) is 0 Å². The van der Waals surface area contributed by atoms with Gasteiger partial charge >= 0.3 is 0 Å². The second-order valence-corrected chi connectivity index (χ2v) is 10.3. The van der Waals surface area contributed by atoms with Gasteiger partial charge in [-0.05, 0) is 88.0 Å². The fourth-order valence-corrected chi connectivity index (χ4v) is 6.08. The maximum Gasteiger partial charge on any atom is 0.136 e. The van der Waals surface area contributed by atoms with Gasteiger partial charge in [-0.1, -0.05) is 66.7 Å². The second-order valence-electron chi connectivity index (χ2n) is 10.3. The van der Waals surface area contributed by atoms with Crippen LogP contribution in [0.2, 0.25) is 0 Å². The van der Waals surface area contributed by atoms with Crippen molar-refractivity contribution >= 4 is 43.9 Å². The molecule has 0 saturated heterocycles. The molecular weight excluding hydrogens is 516 g/mol. The van der Waals surface area contributed by atoms with Gasteiger partial charge in [0.15, 0.2) is 0 Å². The molecule has 6 aromatic carbocycles. The molecular formula is C38H20N2O2. The third-order valence-corrected chi connectivity index (χ3v) is 7.94. The maximum atomic E-state index is 10.1. The lowest BCUT2D eigenvalue weighted by Gasteiger charge is -2.14. The highest BCUT2D eigenvalue weighted by Crippen LogP contribution is 2.42. The van der Waals surface area contributed by atoms with E-state index in [4.69, 9.17) is 8.83 Å². The van der Waals surface area contributed by atoms with Crippen LogP contribution in [0.1, 0.15) is 11.1 Å². The lowest BCUT2D eigenvalue weighted by molar-refractivity contribution is 0.668. The van der Waals surface area contributed by atoms with Crippen molar-refractivity contribution in [1.29, 1.82) is 10.5 Å². The molecule has 8 rings (SSSR count). The second kappa shape index (κ2) is 9.24. The van der Waals surface area contributed by atoms with E-state index in [0.717, 1.165) is 77.3 Å². The Morgan fingerprint density at radius 1 is 0.429 bits per heavy atom. The Morgan fingerprint density at radius 3 is 1.45 bits per heavy atom. The first-order chi connectivity index (χ1) is 20.7. The zero-order chi connectivity index (χ0) is 28.2. The molecule has 0 saturated carbocycles. The molecule has 4 heteroatoms. The molecule has 4 nitrogen and oxygen atoms in total. The molecule has 0 aliphatic carbocycles. The number of rotatable bonds is 3. The van der Waals surface area contributed by atoms with Gasteiger partial charge < -0.3 is 8.83 Å². The molecule has 0 aliphatic rings. The molecule has 42 heavy (non-hydrogen) atoms. The van der Waals surface area contributed by atoms with E-state index < -0.39 is 0 Å². The van der Waals surface area contributed by atoms with Crippen molar-refractivity contribution in [3.05, 3.63) is 132 Å². The quantitative estimate of drug-likeness (QED) is 0.225. The van der Waals surface area contributed by atoms with Gasteiger partial charge in [-0.25, -0.2) is 0 Å². The minimum absolute atomic E-state index is 0.455. The number of nitriles is 2. The average molecular weight is 537 g/mol. The van der Waals surface area contributed by atoms with Crippen LogP contribution in [0.5, 0.6) is 0 Å². The van der Waals surface area contributed by atoms with Crippen LogP contribution in [0.25, 0.3) is 77.3 Å². The van der Waals surface area contributed by atoms with Crippen LogP contribution in [-0.4, -0.2) is 0 Å². The molecule has 0 unspecified atom stereocenters. The highest BCUT2D eigenvalue weighted by atomic mass is 16.3. The Bertz CT molecular complexity index is 2310. The molecule has 0 amide bonds. The Hall–Kier alpha value is -6.10. The van der Waals surface area contributed by atoms with Gasteiger partial charge in [0.05, 0.1) is 23.3 Å². The molecule has 0 aliphatic heterocycles. The Morgan fingerprint density at radius 2 is 0.929 bits per heavy atom. The normalized spacial score (nSPS) is 11.3. The number of hydrogen-bond acceptors (Lipinski definition) is 4. The van der Waals surface area contributed by atoms with Crippen molar-refractivity contribution in [3.8, 4) is 45.5 Å². The molecule has 0 spiro atoms. The van der Waals surface area contributed by atoms with E-state index in [9.17, 15) is 10.5 Å². The Kier molecular flexibility index (Phi) is 5.22. The third-order valence-electron chi connectivity index (χ3n) is 7.94. The number of para-hydroxylation sites is 2. The van der Waals surface area contributed by atoms with Crippen LogP contribution in [0.4, 0.5) is 0 Å². The van der Waals surface area contributed by atoms with Crippen molar-refractivity contribution in [2.24, 2.45) is 0 Å². The zero-order valence-electron chi connectivity index (χ0n) is 22.3. The highest BCUT2D eigenvalue weighted by molar-refractivity contribution is 6.14. The van der Waals surface area contributed by atoms with Crippen LogP contribution in [-0.2, 0) is 0 Å². The maximum absolute atomic E-state index is 10.1. The molecule has 194 valence electrons. The predicted octanol–water partition coefficient (Wildman–Crippen LogP) is 10.2. The first kappa shape index (κ1) is 23.8. The minimum Gasteiger partial charge on any atom is -0.456 e. The summed E-state index contributed by atoms with van der Waals surface area (Å²) in [5.41, 5.74) is 9.96. The van der Waals surface area contributed by atoms with Crippen molar-refractivity contribution in [1.82, 2.24) is 0 Å². The summed E-state index contributed by atoms with van der Waals surface area (Å²) < 4.78 is 12.4. The number of benzene rings is 6. The summed E-state index contributed by atoms with van der Waals surface area (Å²) >= 11 is 0. The van der Waals surface area contributed by atoms with Crippen LogP contribution in [0.3, 0.4) is 0 Å². The van der Waals surface area contributed by atoms with Gasteiger partial charge in [-0.15, -0.1) is 0 Å². The number of hydrogen-bond donors (Lipinski definition) is 0. The standard InChI is InChI=1S/C38H20N2O2/c39-21-23-15-16-28(27(17-23)22-40)24-18-25(29-9-5-13-35-37(29)31-7-1-3-11-33(31)41-35)20-26(19-24)30-10-6-14-36-38(30)32-8-2-4-12-34(32)42-36/h1-20H. The van der Waals surface area contributed by atoms with E-state index in [1.165, 1.54) is 0 Å². The van der Waals surface area contributed by atoms with Crippen LogP contribution >= 0.6 is 0 Å². The smallest absolute Gasteiger partial charge is 0.136 e. The van der Waals surface area contributed by atoms with E-state index in [2.05, 4.69) is 54.6 Å². The van der Waals surface area contributed by atoms with Gasteiger partial charge in [0, 0.05) is 21.5 Å². The summed E-state index contributed by atoms with van der Waals surface area (Å²) in [6.07, 6.45) is 0. The molecule has 8 aromatic rings. The highest BCUT2D eigenvalue weighted by Gasteiger charge is 2.18. The zero-order valence-corrected chi connectivity index (χ0v) is 22.3. The summed E-state index contributed by atoms with van der Waals surface area (Å²) in [7, 11) is 0. The first-order valence-corrected chi connectivity index (χ1v) is 13.6. The molecule has 2 heterocycles. The summed E-state index contributed by atoms with van der Waals surface area (Å²) in [6, 6.07) is 44.6. The number of furan rings is 2. The van der Waals surface area contributed by atoms with Crippen molar-refractivity contribution in [2.75, 3.05) is 0 Å². The van der Waals surface area contributed by atoms with E-state index in [1.54, 1.807) is 12.1 Å². The first-order valence-electron chi connectivity index (χ1n) is 13.6. The average Bonchev–Trinajstić information content (AvgIpc) is 3.62. The van der Waals surface area contributed by atoms with Crippen LogP contribution < -0.4 is 0 Å². The third kappa shape index (κ3) is 3.60. The van der Waals surface area contributed by atoms with Gasteiger partial charge in [-0.3, -0.25) is 0 Å². The summed E-state index contributed by atoms with van der Waals surface area (Å²) in [6.45, 7) is 0. The van der Waals surface area contributed by atoms with Gasteiger partial charge in [0.1, 0.15) is 22.3 Å². The minimum atomic E-state index is 0.455. The Balaban J connectivity index is 1.47. The van der Waals surface area contributed by atoms with E-state index in [-0.39, 0.29) is 0 Å². The SMILES string of the molecule is N#Cc1ccc(-c2cc(-c3cccc4oc5ccccc5c34)cc(-c3cccc4oc5ccccc5c34)c2)c(C#N)c1. The van der Waals surface area contributed by atoms with Gasteiger partial charge in [0.25, 0.3) is 0 Å². The monoisotopic (exact) mass is 536 g/mol. The molecule has 0 bridgehead atoms. The molecule has 0 fully saturated rings.